The molecule has 60 valence electrons. The second-order valence-electron chi connectivity index (χ2n) is 2.45. The molecular weight excluding hydrogens is 226 g/mol. The van der Waals surface area contributed by atoms with Crippen molar-refractivity contribution in [3.8, 4) is 5.06 Å². The maximum Gasteiger partial charge on any atom is 0.188 e. The van der Waals surface area contributed by atoms with Crippen molar-refractivity contribution in [2.75, 3.05) is 13.1 Å². The summed E-state index contributed by atoms with van der Waals surface area (Å²) in [4.78, 5) is 0. The highest BCUT2D eigenvalue weighted by Gasteiger charge is 2.19. The van der Waals surface area contributed by atoms with Crippen LogP contribution in [0.1, 0.15) is 0 Å². The zero-order valence-corrected chi connectivity index (χ0v) is 8.24. The molecule has 1 fully saturated rings. The highest BCUT2D eigenvalue weighted by molar-refractivity contribution is 9.10. The first-order valence-electron chi connectivity index (χ1n) is 3.46. The number of ether oxygens (including phenoxy) is 1. The molecule has 2 heterocycles. The molecule has 0 saturated carbocycles. The first kappa shape index (κ1) is 7.58. The third kappa shape index (κ3) is 1.58. The van der Waals surface area contributed by atoms with Crippen LogP contribution in [-0.4, -0.2) is 19.2 Å². The molecule has 2 nitrogen and oxygen atoms in total. The molecule has 0 aromatic carbocycles. The highest BCUT2D eigenvalue weighted by Crippen LogP contribution is 2.32. The molecule has 1 aliphatic heterocycles. The summed E-state index contributed by atoms with van der Waals surface area (Å²) in [6.45, 7) is 1.95. The molecule has 1 aromatic rings. The highest BCUT2D eigenvalue weighted by atomic mass is 79.9. The van der Waals surface area contributed by atoms with Crippen LogP contribution in [0.2, 0.25) is 0 Å². The van der Waals surface area contributed by atoms with Crippen molar-refractivity contribution in [1.29, 1.82) is 0 Å². The van der Waals surface area contributed by atoms with E-state index in [1.54, 1.807) is 11.3 Å². The Bertz CT molecular complexity index is 246. The summed E-state index contributed by atoms with van der Waals surface area (Å²) in [6, 6.07) is 2.01. The molecule has 0 unspecified atom stereocenters. The van der Waals surface area contributed by atoms with Crippen LogP contribution >= 0.6 is 27.3 Å². The van der Waals surface area contributed by atoms with Crippen LogP contribution in [0.5, 0.6) is 5.06 Å². The monoisotopic (exact) mass is 233 g/mol. The van der Waals surface area contributed by atoms with Gasteiger partial charge in [0.25, 0.3) is 0 Å². The second-order valence-corrected chi connectivity index (χ2v) is 4.19. The van der Waals surface area contributed by atoms with E-state index in [1.807, 2.05) is 11.4 Å². The van der Waals surface area contributed by atoms with Crippen molar-refractivity contribution in [2.45, 2.75) is 6.10 Å². The lowest BCUT2D eigenvalue weighted by molar-refractivity contribution is 0.146. The fourth-order valence-corrected chi connectivity index (χ4v) is 2.24. The van der Waals surface area contributed by atoms with Crippen molar-refractivity contribution < 1.29 is 4.74 Å². The third-order valence-corrected chi connectivity index (χ3v) is 3.29. The SMILES string of the molecule is Brc1ccsc1OC1CNC1. The minimum atomic E-state index is 0.380. The lowest BCUT2D eigenvalue weighted by atomic mass is 10.2. The van der Waals surface area contributed by atoms with Crippen LogP contribution in [0.4, 0.5) is 0 Å². The summed E-state index contributed by atoms with van der Waals surface area (Å²) in [6.07, 6.45) is 0.380. The Morgan fingerprint density at radius 3 is 2.91 bits per heavy atom. The van der Waals surface area contributed by atoms with Gasteiger partial charge in [-0.2, -0.15) is 0 Å². The summed E-state index contributed by atoms with van der Waals surface area (Å²) in [5, 5.41) is 6.17. The summed E-state index contributed by atoms with van der Waals surface area (Å²) in [7, 11) is 0. The van der Waals surface area contributed by atoms with Gasteiger partial charge in [0.15, 0.2) is 5.06 Å². The third-order valence-electron chi connectivity index (χ3n) is 1.60. The summed E-state index contributed by atoms with van der Waals surface area (Å²) >= 11 is 5.04. The Morgan fingerprint density at radius 2 is 2.45 bits per heavy atom. The van der Waals surface area contributed by atoms with Gasteiger partial charge in [-0.05, 0) is 27.4 Å². The van der Waals surface area contributed by atoms with Crippen LogP contribution < -0.4 is 10.1 Å². The largest absolute Gasteiger partial charge is 0.477 e. The molecular formula is C7H8BrNOS. The van der Waals surface area contributed by atoms with E-state index in [0.29, 0.717) is 6.10 Å². The van der Waals surface area contributed by atoms with Crippen molar-refractivity contribution in [3.05, 3.63) is 15.9 Å². The predicted molar refractivity (Wildman–Crippen MR) is 49.3 cm³/mol. The number of rotatable bonds is 2. The molecule has 1 aliphatic rings. The van der Waals surface area contributed by atoms with Gasteiger partial charge < -0.3 is 10.1 Å². The lowest BCUT2D eigenvalue weighted by Crippen LogP contribution is -2.50. The molecule has 0 aliphatic carbocycles. The molecule has 4 heteroatoms. The fourth-order valence-electron chi connectivity index (χ4n) is 0.861. The number of hydrogen-bond acceptors (Lipinski definition) is 3. The van der Waals surface area contributed by atoms with Gasteiger partial charge in [0.1, 0.15) is 6.10 Å². The minimum Gasteiger partial charge on any atom is -0.477 e. The smallest absolute Gasteiger partial charge is 0.188 e. The Morgan fingerprint density at radius 1 is 1.64 bits per heavy atom. The number of nitrogens with one attached hydrogen (secondary N) is 1. The van der Waals surface area contributed by atoms with Gasteiger partial charge in [-0.1, -0.05) is 0 Å². The summed E-state index contributed by atoms with van der Waals surface area (Å²) in [5.41, 5.74) is 0. The predicted octanol–water partition coefficient (Wildman–Crippen LogP) is 1.86. The molecule has 0 atom stereocenters. The zero-order chi connectivity index (χ0) is 7.68. The molecule has 0 radical (unpaired) electrons. The van der Waals surface area contributed by atoms with Gasteiger partial charge in [0.05, 0.1) is 4.47 Å². The van der Waals surface area contributed by atoms with Gasteiger partial charge in [-0.15, -0.1) is 11.3 Å². The van der Waals surface area contributed by atoms with E-state index in [1.165, 1.54) is 0 Å². The van der Waals surface area contributed by atoms with Crippen LogP contribution in [0.3, 0.4) is 0 Å². The van der Waals surface area contributed by atoms with E-state index < -0.39 is 0 Å². The van der Waals surface area contributed by atoms with Crippen LogP contribution in [0.25, 0.3) is 0 Å². The molecule has 2 rings (SSSR count). The number of thiophene rings is 1. The average Bonchev–Trinajstić information content (AvgIpc) is 2.27. The maximum atomic E-state index is 5.63. The van der Waals surface area contributed by atoms with Crippen molar-refractivity contribution >= 4 is 27.3 Å². The summed E-state index contributed by atoms with van der Waals surface area (Å²) < 4.78 is 6.69. The molecule has 0 bridgehead atoms. The van der Waals surface area contributed by atoms with Crippen molar-refractivity contribution in [1.82, 2.24) is 5.32 Å². The van der Waals surface area contributed by atoms with Crippen LogP contribution in [0.15, 0.2) is 15.9 Å². The Kier molecular flexibility index (Phi) is 2.16. The van der Waals surface area contributed by atoms with Gasteiger partial charge in [-0.25, -0.2) is 0 Å². The zero-order valence-electron chi connectivity index (χ0n) is 5.84. The van der Waals surface area contributed by atoms with Crippen molar-refractivity contribution in [2.24, 2.45) is 0 Å². The van der Waals surface area contributed by atoms with Gasteiger partial charge in [-0.3, -0.25) is 0 Å². The molecule has 0 spiro atoms. The standard InChI is InChI=1S/C7H8BrNOS/c8-6-1-2-11-7(6)10-5-3-9-4-5/h1-2,5,9H,3-4H2. The van der Waals surface area contributed by atoms with Crippen LogP contribution in [0, 0.1) is 0 Å². The minimum absolute atomic E-state index is 0.380. The van der Waals surface area contributed by atoms with E-state index in [0.717, 1.165) is 22.6 Å². The average molecular weight is 234 g/mol. The first-order chi connectivity index (χ1) is 5.36. The number of halogens is 1. The molecule has 0 amide bonds. The van der Waals surface area contributed by atoms with Crippen molar-refractivity contribution in [3.63, 3.8) is 0 Å². The Balaban J connectivity index is 1.99. The Labute approximate surface area is 77.7 Å². The maximum absolute atomic E-state index is 5.63. The number of hydrogen-bond donors (Lipinski definition) is 1. The summed E-state index contributed by atoms with van der Waals surface area (Å²) in [5.74, 6) is 0. The lowest BCUT2D eigenvalue weighted by Gasteiger charge is -2.27. The van der Waals surface area contributed by atoms with Gasteiger partial charge in [0, 0.05) is 13.1 Å². The fraction of sp³-hybridized carbons (Fsp3) is 0.429. The van der Waals surface area contributed by atoms with E-state index in [9.17, 15) is 0 Å². The second kappa shape index (κ2) is 3.13. The molecule has 1 N–H and O–H groups in total. The molecule has 11 heavy (non-hydrogen) atoms. The molecule has 1 saturated heterocycles. The van der Waals surface area contributed by atoms with Gasteiger partial charge >= 0.3 is 0 Å². The topological polar surface area (TPSA) is 21.3 Å². The quantitative estimate of drug-likeness (QED) is 0.843. The van der Waals surface area contributed by atoms with E-state index in [4.69, 9.17) is 4.74 Å². The molecule has 1 aromatic heterocycles. The van der Waals surface area contributed by atoms with E-state index in [-0.39, 0.29) is 0 Å². The van der Waals surface area contributed by atoms with Crippen LogP contribution in [-0.2, 0) is 0 Å². The first-order valence-corrected chi connectivity index (χ1v) is 5.14. The van der Waals surface area contributed by atoms with E-state index in [2.05, 4.69) is 21.2 Å². The van der Waals surface area contributed by atoms with E-state index >= 15 is 0 Å². The normalized spacial score (nSPS) is 17.9. The Hall–Kier alpha value is -0.0600. The van der Waals surface area contributed by atoms with Gasteiger partial charge in [0.2, 0.25) is 0 Å².